The number of aromatic nitrogens is 2. The number of hydrogen-bond donors (Lipinski definition) is 1. The highest BCUT2D eigenvalue weighted by molar-refractivity contribution is 5.87. The van der Waals surface area contributed by atoms with Crippen LogP contribution < -0.4 is 0 Å². The van der Waals surface area contributed by atoms with E-state index in [1.54, 1.807) is 6.33 Å². The first kappa shape index (κ1) is 9.16. The standard InChI is InChI=1S/C14H12N2/c1-10-2-3-12-7-13(5-4-11(12)6-10)14-8-15-9-16-14/h2-9H,1H3,(H,15,16). The second-order valence-corrected chi connectivity index (χ2v) is 4.03. The number of H-pyrrole nitrogens is 1. The Morgan fingerprint density at radius 2 is 1.81 bits per heavy atom. The molecule has 3 rings (SSSR count). The smallest absolute Gasteiger partial charge is 0.0924 e. The van der Waals surface area contributed by atoms with Crippen molar-refractivity contribution in [3.8, 4) is 11.3 Å². The lowest BCUT2D eigenvalue weighted by molar-refractivity contribution is 1.31. The van der Waals surface area contributed by atoms with Crippen molar-refractivity contribution in [3.05, 3.63) is 54.5 Å². The summed E-state index contributed by atoms with van der Waals surface area (Å²) in [7, 11) is 0. The zero-order valence-corrected chi connectivity index (χ0v) is 9.07. The number of imidazole rings is 1. The van der Waals surface area contributed by atoms with Crippen LogP contribution in [0.3, 0.4) is 0 Å². The van der Waals surface area contributed by atoms with Crippen LogP contribution in [0.1, 0.15) is 5.56 Å². The van der Waals surface area contributed by atoms with E-state index in [4.69, 9.17) is 0 Å². The molecular weight excluding hydrogens is 196 g/mol. The number of aromatic amines is 1. The van der Waals surface area contributed by atoms with Crippen LogP contribution in [0, 0.1) is 6.92 Å². The van der Waals surface area contributed by atoms with E-state index >= 15 is 0 Å². The van der Waals surface area contributed by atoms with E-state index in [0.717, 1.165) is 5.69 Å². The molecule has 0 spiro atoms. The first-order valence-corrected chi connectivity index (χ1v) is 5.32. The summed E-state index contributed by atoms with van der Waals surface area (Å²) in [6, 6.07) is 13.0. The molecule has 0 aliphatic rings. The van der Waals surface area contributed by atoms with Crippen LogP contribution in [0.5, 0.6) is 0 Å². The third-order valence-electron chi connectivity index (χ3n) is 2.80. The molecule has 2 nitrogen and oxygen atoms in total. The SMILES string of the molecule is Cc1ccc2cc(-c3cnc[nH]3)ccc2c1. The Morgan fingerprint density at radius 1 is 1.00 bits per heavy atom. The normalized spacial score (nSPS) is 10.8. The van der Waals surface area contributed by atoms with Crippen molar-refractivity contribution in [1.82, 2.24) is 9.97 Å². The molecule has 78 valence electrons. The monoisotopic (exact) mass is 208 g/mol. The number of hydrogen-bond acceptors (Lipinski definition) is 1. The summed E-state index contributed by atoms with van der Waals surface area (Å²) >= 11 is 0. The zero-order valence-electron chi connectivity index (χ0n) is 9.07. The number of rotatable bonds is 1. The third kappa shape index (κ3) is 1.48. The summed E-state index contributed by atoms with van der Waals surface area (Å²) in [5.41, 5.74) is 3.53. The highest BCUT2D eigenvalue weighted by atomic mass is 14.9. The van der Waals surface area contributed by atoms with Crippen LogP contribution in [-0.2, 0) is 0 Å². The molecule has 0 aliphatic heterocycles. The van der Waals surface area contributed by atoms with Crippen molar-refractivity contribution in [2.24, 2.45) is 0 Å². The van der Waals surface area contributed by atoms with Gasteiger partial charge < -0.3 is 4.98 Å². The minimum Gasteiger partial charge on any atom is -0.345 e. The lowest BCUT2D eigenvalue weighted by Gasteiger charge is -2.02. The molecule has 0 atom stereocenters. The average Bonchev–Trinajstić information content (AvgIpc) is 2.82. The summed E-state index contributed by atoms with van der Waals surface area (Å²) in [4.78, 5) is 7.16. The molecule has 0 unspecified atom stereocenters. The van der Waals surface area contributed by atoms with Crippen molar-refractivity contribution in [1.29, 1.82) is 0 Å². The van der Waals surface area contributed by atoms with Gasteiger partial charge >= 0.3 is 0 Å². The molecule has 1 aromatic heterocycles. The fourth-order valence-corrected chi connectivity index (χ4v) is 1.95. The van der Waals surface area contributed by atoms with E-state index < -0.39 is 0 Å². The molecule has 0 radical (unpaired) electrons. The van der Waals surface area contributed by atoms with Crippen LogP contribution in [0.15, 0.2) is 48.9 Å². The van der Waals surface area contributed by atoms with Gasteiger partial charge in [0.15, 0.2) is 0 Å². The van der Waals surface area contributed by atoms with E-state index in [1.165, 1.54) is 21.9 Å². The third-order valence-corrected chi connectivity index (χ3v) is 2.80. The van der Waals surface area contributed by atoms with Crippen molar-refractivity contribution < 1.29 is 0 Å². The quantitative estimate of drug-likeness (QED) is 0.651. The van der Waals surface area contributed by atoms with Gasteiger partial charge in [-0.15, -0.1) is 0 Å². The Hall–Kier alpha value is -2.09. The van der Waals surface area contributed by atoms with E-state index in [0.29, 0.717) is 0 Å². The van der Waals surface area contributed by atoms with Gasteiger partial charge in [0, 0.05) is 5.56 Å². The van der Waals surface area contributed by atoms with Crippen LogP contribution in [-0.4, -0.2) is 9.97 Å². The average molecular weight is 208 g/mol. The molecular formula is C14H12N2. The summed E-state index contributed by atoms with van der Waals surface area (Å²) in [6.07, 6.45) is 3.55. The van der Waals surface area contributed by atoms with Crippen LogP contribution in [0.25, 0.3) is 22.0 Å². The van der Waals surface area contributed by atoms with Crippen LogP contribution in [0.2, 0.25) is 0 Å². The number of benzene rings is 2. The van der Waals surface area contributed by atoms with Crippen molar-refractivity contribution >= 4 is 10.8 Å². The van der Waals surface area contributed by atoms with Crippen molar-refractivity contribution in [3.63, 3.8) is 0 Å². The van der Waals surface area contributed by atoms with Gasteiger partial charge in [0.25, 0.3) is 0 Å². The molecule has 0 bridgehead atoms. The topological polar surface area (TPSA) is 28.7 Å². The highest BCUT2D eigenvalue weighted by Crippen LogP contribution is 2.23. The molecule has 2 heteroatoms. The summed E-state index contributed by atoms with van der Waals surface area (Å²) in [5, 5.41) is 2.54. The maximum absolute atomic E-state index is 4.04. The number of nitrogens with zero attached hydrogens (tertiary/aromatic N) is 1. The minimum absolute atomic E-state index is 1.06. The van der Waals surface area contributed by atoms with Crippen molar-refractivity contribution in [2.45, 2.75) is 6.92 Å². The number of nitrogens with one attached hydrogen (secondary N) is 1. The van der Waals surface area contributed by atoms with Gasteiger partial charge in [-0.05, 0) is 23.8 Å². The molecule has 2 aromatic carbocycles. The first-order valence-electron chi connectivity index (χ1n) is 5.32. The number of aryl methyl sites for hydroxylation is 1. The van der Waals surface area contributed by atoms with E-state index in [9.17, 15) is 0 Å². The lowest BCUT2D eigenvalue weighted by atomic mass is 10.0. The fraction of sp³-hybridized carbons (Fsp3) is 0.0714. The predicted molar refractivity (Wildman–Crippen MR) is 66.3 cm³/mol. The maximum atomic E-state index is 4.04. The highest BCUT2D eigenvalue weighted by Gasteiger charge is 2.00. The zero-order chi connectivity index (χ0) is 11.0. The predicted octanol–water partition coefficient (Wildman–Crippen LogP) is 3.54. The molecule has 1 N–H and O–H groups in total. The van der Waals surface area contributed by atoms with Gasteiger partial charge in [0.05, 0.1) is 18.2 Å². The largest absolute Gasteiger partial charge is 0.345 e. The molecule has 3 aromatic rings. The van der Waals surface area contributed by atoms with E-state index in [2.05, 4.69) is 53.3 Å². The summed E-state index contributed by atoms with van der Waals surface area (Å²) in [5.74, 6) is 0. The second-order valence-electron chi connectivity index (χ2n) is 4.03. The van der Waals surface area contributed by atoms with Gasteiger partial charge in [-0.1, -0.05) is 35.9 Å². The Labute approximate surface area is 94.0 Å². The van der Waals surface area contributed by atoms with Gasteiger partial charge in [0.1, 0.15) is 0 Å². The van der Waals surface area contributed by atoms with E-state index in [-0.39, 0.29) is 0 Å². The van der Waals surface area contributed by atoms with Gasteiger partial charge in [-0.25, -0.2) is 4.98 Å². The Kier molecular flexibility index (Phi) is 2.00. The van der Waals surface area contributed by atoms with Crippen molar-refractivity contribution in [2.75, 3.05) is 0 Å². The maximum Gasteiger partial charge on any atom is 0.0924 e. The molecule has 0 fully saturated rings. The second kappa shape index (κ2) is 3.49. The minimum atomic E-state index is 1.06. The van der Waals surface area contributed by atoms with Gasteiger partial charge in [-0.2, -0.15) is 0 Å². The number of fused-ring (bicyclic) bond motifs is 1. The molecule has 1 heterocycles. The Bertz CT molecular complexity index is 624. The van der Waals surface area contributed by atoms with E-state index in [1.807, 2.05) is 6.20 Å². The molecule has 0 aliphatic carbocycles. The summed E-state index contributed by atoms with van der Waals surface area (Å²) < 4.78 is 0. The van der Waals surface area contributed by atoms with Crippen LogP contribution in [0.4, 0.5) is 0 Å². The first-order chi connectivity index (χ1) is 7.83. The Morgan fingerprint density at radius 3 is 2.62 bits per heavy atom. The molecule has 0 saturated carbocycles. The van der Waals surface area contributed by atoms with Crippen LogP contribution >= 0.6 is 0 Å². The molecule has 0 saturated heterocycles. The van der Waals surface area contributed by atoms with Gasteiger partial charge in [0.2, 0.25) is 0 Å². The summed E-state index contributed by atoms with van der Waals surface area (Å²) in [6.45, 7) is 2.11. The Balaban J connectivity index is 2.20. The van der Waals surface area contributed by atoms with Gasteiger partial charge in [-0.3, -0.25) is 0 Å². The molecule has 16 heavy (non-hydrogen) atoms. The lowest BCUT2D eigenvalue weighted by Crippen LogP contribution is -1.79. The fourth-order valence-electron chi connectivity index (χ4n) is 1.95. The molecule has 0 amide bonds.